The Morgan fingerprint density at radius 3 is 2.53 bits per heavy atom. The van der Waals surface area contributed by atoms with Crippen molar-refractivity contribution in [1.82, 2.24) is 9.55 Å². The Bertz CT molecular complexity index is 1570. The van der Waals surface area contributed by atoms with Crippen molar-refractivity contribution in [2.45, 2.75) is 40.3 Å². The second-order valence-corrected chi connectivity index (χ2v) is 9.25. The molecule has 0 atom stereocenters. The van der Waals surface area contributed by atoms with Crippen LogP contribution in [-0.2, 0) is 29.1 Å². The van der Waals surface area contributed by atoms with Crippen molar-refractivity contribution >= 4 is 33.4 Å². The molecule has 0 N–H and O–H groups in total. The number of benzene rings is 4. The molecule has 0 fully saturated rings. The van der Waals surface area contributed by atoms with Gasteiger partial charge >= 0.3 is 0 Å². The van der Waals surface area contributed by atoms with E-state index < -0.39 is 0 Å². The van der Waals surface area contributed by atoms with E-state index in [1.807, 2.05) is 79.1 Å². The van der Waals surface area contributed by atoms with Gasteiger partial charge in [-0.2, -0.15) is 0 Å². The first-order valence-electron chi connectivity index (χ1n) is 13.1. The molecular weight excluding hydrogens is 474 g/mol. The number of ether oxygens (including phenoxy) is 2. The van der Waals surface area contributed by atoms with E-state index in [1.54, 1.807) is 4.90 Å². The second-order valence-electron chi connectivity index (χ2n) is 9.25. The van der Waals surface area contributed by atoms with Gasteiger partial charge in [0.25, 0.3) is 0 Å². The van der Waals surface area contributed by atoms with E-state index in [0.717, 1.165) is 50.8 Å². The van der Waals surface area contributed by atoms with Crippen molar-refractivity contribution in [2.75, 3.05) is 18.2 Å². The Labute approximate surface area is 223 Å². The average Bonchev–Trinajstić information content (AvgIpc) is 3.29. The van der Waals surface area contributed by atoms with Gasteiger partial charge in [0, 0.05) is 12.0 Å². The average molecular weight is 508 g/mol. The molecule has 4 aromatic carbocycles. The highest BCUT2D eigenvalue weighted by Gasteiger charge is 2.23. The Morgan fingerprint density at radius 1 is 0.921 bits per heavy atom. The number of rotatable bonds is 10. The highest BCUT2D eigenvalue weighted by Crippen LogP contribution is 2.28. The zero-order chi connectivity index (χ0) is 26.5. The molecule has 6 nitrogen and oxygen atoms in total. The number of aromatic nitrogens is 2. The van der Waals surface area contributed by atoms with Gasteiger partial charge in [-0.25, -0.2) is 4.98 Å². The smallest absolute Gasteiger partial charge is 0.248 e. The minimum absolute atomic E-state index is 0.0583. The predicted molar refractivity (Wildman–Crippen MR) is 153 cm³/mol. The second kappa shape index (κ2) is 11.5. The highest BCUT2D eigenvalue weighted by molar-refractivity contribution is 5.95. The van der Waals surface area contributed by atoms with Crippen molar-refractivity contribution in [1.29, 1.82) is 0 Å². The summed E-state index contributed by atoms with van der Waals surface area (Å²) in [6.45, 7) is 7.17. The molecule has 0 radical (unpaired) electrons. The van der Waals surface area contributed by atoms with Gasteiger partial charge in [-0.1, -0.05) is 73.7 Å². The normalized spacial score (nSPS) is 11.2. The number of para-hydroxylation sites is 3. The van der Waals surface area contributed by atoms with E-state index in [2.05, 4.69) is 31.2 Å². The van der Waals surface area contributed by atoms with Crippen molar-refractivity contribution < 1.29 is 14.3 Å². The molecule has 0 aliphatic rings. The molecule has 0 spiro atoms. The molecule has 0 saturated heterocycles. The maximum Gasteiger partial charge on any atom is 0.248 e. The number of anilines is 1. The summed E-state index contributed by atoms with van der Waals surface area (Å²) in [6.07, 6.45) is 0.824. The quantitative estimate of drug-likeness (QED) is 0.198. The molecule has 0 bridgehead atoms. The number of hydrogen-bond donors (Lipinski definition) is 0. The minimum Gasteiger partial charge on any atom is -0.485 e. The van der Waals surface area contributed by atoms with E-state index in [0.29, 0.717) is 12.4 Å². The fourth-order valence-corrected chi connectivity index (χ4v) is 4.93. The predicted octanol–water partition coefficient (Wildman–Crippen LogP) is 6.67. The van der Waals surface area contributed by atoms with Crippen LogP contribution in [0.4, 0.5) is 5.69 Å². The lowest BCUT2D eigenvalue weighted by molar-refractivity contribution is -0.120. The van der Waals surface area contributed by atoms with Crippen LogP contribution in [0.1, 0.15) is 30.8 Å². The summed E-state index contributed by atoms with van der Waals surface area (Å²) in [5, 5.41) is 2.16. The summed E-state index contributed by atoms with van der Waals surface area (Å²) < 4.78 is 14.0. The van der Waals surface area contributed by atoms with E-state index in [9.17, 15) is 4.79 Å². The number of nitrogens with zero attached hydrogens (tertiary/aromatic N) is 3. The molecule has 5 rings (SSSR count). The van der Waals surface area contributed by atoms with Crippen LogP contribution in [-0.4, -0.2) is 28.8 Å². The zero-order valence-corrected chi connectivity index (χ0v) is 22.2. The molecule has 6 heteroatoms. The Hall–Kier alpha value is -4.16. The van der Waals surface area contributed by atoms with Crippen LogP contribution >= 0.6 is 0 Å². The summed E-state index contributed by atoms with van der Waals surface area (Å²) in [7, 11) is 0. The molecule has 0 aliphatic heterocycles. The first kappa shape index (κ1) is 25.5. The summed E-state index contributed by atoms with van der Waals surface area (Å²) >= 11 is 0. The lowest BCUT2D eigenvalue weighted by Gasteiger charge is -2.27. The van der Waals surface area contributed by atoms with E-state index in [4.69, 9.17) is 14.5 Å². The number of aryl methyl sites for hydroxylation is 2. The van der Waals surface area contributed by atoms with Crippen LogP contribution in [0.2, 0.25) is 0 Å². The van der Waals surface area contributed by atoms with Crippen LogP contribution in [0.15, 0.2) is 84.9 Å². The van der Waals surface area contributed by atoms with Gasteiger partial charge in [0.05, 0.1) is 16.7 Å². The number of hydrogen-bond acceptors (Lipinski definition) is 4. The van der Waals surface area contributed by atoms with E-state index >= 15 is 0 Å². The van der Waals surface area contributed by atoms with Crippen molar-refractivity contribution in [3.63, 3.8) is 0 Å². The lowest BCUT2D eigenvalue weighted by Crippen LogP contribution is -2.37. The Morgan fingerprint density at radius 2 is 1.68 bits per heavy atom. The third-order valence-corrected chi connectivity index (χ3v) is 6.83. The lowest BCUT2D eigenvalue weighted by atomic mass is 10.0. The SMILES string of the molecule is CCOCN(C(=O)Cn1c(COc2cccc3ccccc23)nc2ccccc21)c1c(C)cccc1CC. The fourth-order valence-electron chi connectivity index (χ4n) is 4.93. The minimum atomic E-state index is -0.0583. The summed E-state index contributed by atoms with van der Waals surface area (Å²) in [6, 6.07) is 28.2. The fraction of sp³-hybridized carbons (Fsp3) is 0.250. The van der Waals surface area contributed by atoms with Gasteiger partial charge in [0.15, 0.2) is 0 Å². The molecule has 0 saturated carbocycles. The van der Waals surface area contributed by atoms with Crippen LogP contribution in [0.5, 0.6) is 5.75 Å². The maximum absolute atomic E-state index is 13.9. The topological polar surface area (TPSA) is 56.6 Å². The Balaban J connectivity index is 1.48. The number of carbonyl (C=O) groups is 1. The number of imidazole rings is 1. The van der Waals surface area contributed by atoms with Crippen molar-refractivity contribution in [3.05, 3.63) is 102 Å². The van der Waals surface area contributed by atoms with Gasteiger partial charge in [-0.05, 0) is 55.0 Å². The first-order valence-corrected chi connectivity index (χ1v) is 13.1. The number of amides is 1. The molecule has 194 valence electrons. The van der Waals surface area contributed by atoms with Crippen LogP contribution in [0, 0.1) is 6.92 Å². The van der Waals surface area contributed by atoms with Gasteiger partial charge in [-0.3, -0.25) is 9.69 Å². The summed E-state index contributed by atoms with van der Waals surface area (Å²) in [5.41, 5.74) is 4.82. The third kappa shape index (κ3) is 5.13. The monoisotopic (exact) mass is 507 g/mol. The van der Waals surface area contributed by atoms with Crippen molar-refractivity contribution in [2.24, 2.45) is 0 Å². The largest absolute Gasteiger partial charge is 0.485 e. The van der Waals surface area contributed by atoms with Crippen LogP contribution in [0.3, 0.4) is 0 Å². The molecular formula is C32H33N3O3. The maximum atomic E-state index is 13.9. The van der Waals surface area contributed by atoms with Crippen LogP contribution in [0.25, 0.3) is 21.8 Å². The van der Waals surface area contributed by atoms with Crippen molar-refractivity contribution in [3.8, 4) is 5.75 Å². The van der Waals surface area contributed by atoms with Gasteiger partial charge in [0.1, 0.15) is 31.5 Å². The molecule has 0 aliphatic carbocycles. The van der Waals surface area contributed by atoms with E-state index in [1.165, 1.54) is 0 Å². The van der Waals surface area contributed by atoms with Gasteiger partial charge < -0.3 is 14.0 Å². The Kier molecular flexibility index (Phi) is 7.70. The number of fused-ring (bicyclic) bond motifs is 2. The van der Waals surface area contributed by atoms with E-state index in [-0.39, 0.29) is 25.8 Å². The molecule has 5 aromatic rings. The number of carbonyl (C=O) groups excluding carboxylic acids is 1. The van der Waals surface area contributed by atoms with Crippen LogP contribution < -0.4 is 9.64 Å². The highest BCUT2D eigenvalue weighted by atomic mass is 16.5. The molecule has 1 amide bonds. The van der Waals surface area contributed by atoms with Gasteiger partial charge in [0.2, 0.25) is 5.91 Å². The molecule has 1 aromatic heterocycles. The summed E-state index contributed by atoms with van der Waals surface area (Å²) in [4.78, 5) is 20.5. The van der Waals surface area contributed by atoms with Gasteiger partial charge in [-0.15, -0.1) is 0 Å². The third-order valence-electron chi connectivity index (χ3n) is 6.83. The molecule has 38 heavy (non-hydrogen) atoms. The summed E-state index contributed by atoms with van der Waals surface area (Å²) in [5.74, 6) is 1.43. The standard InChI is InChI=1S/C32H33N3O3/c1-4-24-14-10-12-23(3)32(24)35(22-37-5-2)31(36)20-34-28-18-9-8-17-27(28)33-30(34)21-38-29-19-11-15-25-13-6-7-16-26(25)29/h6-19H,4-5,20-22H2,1-3H3. The molecule has 1 heterocycles. The zero-order valence-electron chi connectivity index (χ0n) is 22.2. The first-order chi connectivity index (χ1) is 18.6. The molecule has 0 unspecified atom stereocenters.